The second-order valence-corrected chi connectivity index (χ2v) is 8.73. The van der Waals surface area contributed by atoms with Gasteiger partial charge in [0.2, 0.25) is 0 Å². The summed E-state index contributed by atoms with van der Waals surface area (Å²) in [4.78, 5) is 38.6. The third-order valence-corrected chi connectivity index (χ3v) is 5.79. The van der Waals surface area contributed by atoms with E-state index >= 15 is 0 Å². The maximum atomic E-state index is 13.3. The molecule has 4 amide bonds. The van der Waals surface area contributed by atoms with Gasteiger partial charge in [-0.15, -0.1) is 0 Å². The highest BCUT2D eigenvalue weighted by Gasteiger charge is 2.36. The Morgan fingerprint density at radius 3 is 2.34 bits per heavy atom. The Hall–Kier alpha value is -3.73. The number of carbonyl (C=O) groups excluding carboxylic acids is 3. The molecule has 0 aromatic heterocycles. The summed E-state index contributed by atoms with van der Waals surface area (Å²) in [5, 5.41) is 2.15. The summed E-state index contributed by atoms with van der Waals surface area (Å²) in [6, 6.07) is 16.9. The smallest absolute Gasteiger partial charge is 0.335 e. The molecule has 35 heavy (non-hydrogen) atoms. The van der Waals surface area contributed by atoms with Gasteiger partial charge in [0.05, 0.1) is 12.3 Å². The molecule has 7 nitrogen and oxygen atoms in total. The minimum Gasteiger partial charge on any atom is -0.490 e. The molecule has 0 spiro atoms. The largest absolute Gasteiger partial charge is 0.490 e. The lowest BCUT2D eigenvalue weighted by molar-refractivity contribution is -0.122. The Morgan fingerprint density at radius 2 is 1.66 bits per heavy atom. The van der Waals surface area contributed by atoms with Crippen LogP contribution >= 0.6 is 22.6 Å². The van der Waals surface area contributed by atoms with Crippen molar-refractivity contribution in [1.82, 2.24) is 5.32 Å². The Morgan fingerprint density at radius 1 is 0.943 bits per heavy atom. The molecule has 4 rings (SSSR count). The number of benzene rings is 3. The van der Waals surface area contributed by atoms with E-state index in [0.717, 1.165) is 26.2 Å². The molecule has 1 aliphatic heterocycles. The third-order valence-electron chi connectivity index (χ3n) is 5.07. The molecule has 178 valence electrons. The van der Waals surface area contributed by atoms with E-state index in [1.807, 2.05) is 31.2 Å². The number of nitrogens with one attached hydrogen (secondary N) is 1. The predicted octanol–water partition coefficient (Wildman–Crippen LogP) is 5.07. The Balaban J connectivity index is 1.60. The topological polar surface area (TPSA) is 84.9 Å². The molecule has 1 saturated heterocycles. The first kappa shape index (κ1) is 24.4. The number of amides is 4. The van der Waals surface area contributed by atoms with Crippen LogP contribution in [-0.2, 0) is 16.2 Å². The zero-order chi connectivity index (χ0) is 24.9. The fraction of sp³-hybridized carbons (Fsp3) is 0.115. The normalized spacial score (nSPS) is 14.8. The summed E-state index contributed by atoms with van der Waals surface area (Å²) in [6.45, 7) is 2.55. The fourth-order valence-corrected chi connectivity index (χ4v) is 3.75. The monoisotopic (exact) mass is 586 g/mol. The van der Waals surface area contributed by atoms with E-state index in [0.29, 0.717) is 30.3 Å². The quantitative estimate of drug-likeness (QED) is 0.238. The van der Waals surface area contributed by atoms with Crippen molar-refractivity contribution < 1.29 is 28.2 Å². The van der Waals surface area contributed by atoms with Crippen LogP contribution in [0.1, 0.15) is 18.1 Å². The maximum Gasteiger partial charge on any atom is 0.335 e. The average molecular weight is 586 g/mol. The van der Waals surface area contributed by atoms with Crippen LogP contribution in [0.3, 0.4) is 0 Å². The molecule has 1 fully saturated rings. The number of rotatable bonds is 7. The highest BCUT2D eigenvalue weighted by Crippen LogP contribution is 2.31. The van der Waals surface area contributed by atoms with Crippen LogP contribution < -0.4 is 19.7 Å². The Labute approximate surface area is 214 Å². The number of anilines is 1. The number of barbiturate groups is 1. The van der Waals surface area contributed by atoms with Crippen LogP contribution in [0.25, 0.3) is 6.08 Å². The summed E-state index contributed by atoms with van der Waals surface area (Å²) >= 11 is 2.23. The van der Waals surface area contributed by atoms with Crippen molar-refractivity contribution in [2.24, 2.45) is 0 Å². The second-order valence-electron chi connectivity index (χ2n) is 7.49. The molecule has 0 bridgehead atoms. The van der Waals surface area contributed by atoms with E-state index in [9.17, 15) is 18.8 Å². The van der Waals surface area contributed by atoms with E-state index in [1.165, 1.54) is 18.2 Å². The molecule has 0 atom stereocenters. The van der Waals surface area contributed by atoms with Crippen molar-refractivity contribution >= 4 is 52.2 Å². The lowest BCUT2D eigenvalue weighted by Crippen LogP contribution is -2.54. The van der Waals surface area contributed by atoms with Gasteiger partial charge in [-0.05, 0) is 95.2 Å². The van der Waals surface area contributed by atoms with Crippen LogP contribution in [0, 0.1) is 9.39 Å². The van der Waals surface area contributed by atoms with Gasteiger partial charge < -0.3 is 9.47 Å². The highest BCUT2D eigenvalue weighted by molar-refractivity contribution is 14.1. The van der Waals surface area contributed by atoms with Gasteiger partial charge in [-0.2, -0.15) is 0 Å². The molecule has 9 heteroatoms. The number of ether oxygens (including phenoxy) is 2. The molecular formula is C26H20FIN2O5. The van der Waals surface area contributed by atoms with Crippen LogP contribution in [0.4, 0.5) is 14.9 Å². The van der Waals surface area contributed by atoms with Crippen LogP contribution in [0.15, 0.2) is 72.3 Å². The van der Waals surface area contributed by atoms with Gasteiger partial charge in [0.25, 0.3) is 11.8 Å². The van der Waals surface area contributed by atoms with Crippen LogP contribution in [-0.4, -0.2) is 24.5 Å². The van der Waals surface area contributed by atoms with Crippen LogP contribution in [0.5, 0.6) is 11.5 Å². The third kappa shape index (κ3) is 5.68. The zero-order valence-corrected chi connectivity index (χ0v) is 20.7. The summed E-state index contributed by atoms with van der Waals surface area (Å²) < 4.78 is 26.0. The Kier molecular flexibility index (Phi) is 7.45. The van der Waals surface area contributed by atoms with Crippen molar-refractivity contribution in [2.45, 2.75) is 13.5 Å². The first-order valence-electron chi connectivity index (χ1n) is 10.7. The van der Waals surface area contributed by atoms with Gasteiger partial charge in [-0.25, -0.2) is 14.1 Å². The molecule has 3 aromatic rings. The van der Waals surface area contributed by atoms with Gasteiger partial charge in [0, 0.05) is 3.57 Å². The minimum atomic E-state index is -0.905. The lowest BCUT2D eigenvalue weighted by atomic mass is 10.1. The SMILES string of the molecule is CCOc1cc(/C=C2\C(=O)NC(=O)N(c3ccc(F)cc3)C2=O)ccc1OCc1ccc(I)cc1. The number of urea groups is 1. The first-order valence-corrected chi connectivity index (χ1v) is 11.7. The molecule has 0 saturated carbocycles. The van der Waals surface area contributed by atoms with Crippen molar-refractivity contribution in [3.05, 3.63) is 92.8 Å². The number of halogens is 2. The van der Waals surface area contributed by atoms with Crippen LogP contribution in [0.2, 0.25) is 0 Å². The molecule has 0 radical (unpaired) electrons. The van der Waals surface area contributed by atoms with Gasteiger partial charge in [0.15, 0.2) is 11.5 Å². The van der Waals surface area contributed by atoms with E-state index in [1.54, 1.807) is 18.2 Å². The van der Waals surface area contributed by atoms with Crippen molar-refractivity contribution in [1.29, 1.82) is 0 Å². The average Bonchev–Trinajstić information content (AvgIpc) is 2.83. The van der Waals surface area contributed by atoms with Crippen molar-refractivity contribution in [2.75, 3.05) is 11.5 Å². The van der Waals surface area contributed by atoms with E-state index in [-0.39, 0.29) is 11.3 Å². The van der Waals surface area contributed by atoms with E-state index in [4.69, 9.17) is 9.47 Å². The molecule has 0 unspecified atom stereocenters. The first-order chi connectivity index (χ1) is 16.9. The van der Waals surface area contributed by atoms with Gasteiger partial charge in [-0.1, -0.05) is 18.2 Å². The molecule has 1 heterocycles. The van der Waals surface area contributed by atoms with Gasteiger partial charge >= 0.3 is 6.03 Å². The number of hydrogen-bond donors (Lipinski definition) is 1. The molecular weight excluding hydrogens is 566 g/mol. The number of carbonyl (C=O) groups is 3. The number of nitrogens with zero attached hydrogens (tertiary/aromatic N) is 1. The highest BCUT2D eigenvalue weighted by atomic mass is 127. The van der Waals surface area contributed by atoms with Gasteiger partial charge in [-0.3, -0.25) is 14.9 Å². The van der Waals surface area contributed by atoms with Gasteiger partial charge in [0.1, 0.15) is 18.0 Å². The standard InChI is InChI=1S/C26H20FIN2O5/c1-2-34-23-14-17(5-12-22(23)35-15-16-3-8-19(28)9-4-16)13-21-24(31)29-26(33)30(25(21)32)20-10-6-18(27)7-11-20/h3-14H,2,15H2,1H3,(H,29,31,33)/b21-13+. The summed E-state index contributed by atoms with van der Waals surface area (Å²) in [7, 11) is 0. The van der Waals surface area contributed by atoms with E-state index in [2.05, 4.69) is 27.9 Å². The Bertz CT molecular complexity index is 1310. The van der Waals surface area contributed by atoms with Crippen molar-refractivity contribution in [3.63, 3.8) is 0 Å². The molecule has 1 N–H and O–H groups in total. The van der Waals surface area contributed by atoms with Crippen molar-refractivity contribution in [3.8, 4) is 11.5 Å². The second kappa shape index (κ2) is 10.7. The maximum absolute atomic E-state index is 13.3. The molecule has 0 aliphatic carbocycles. The fourth-order valence-electron chi connectivity index (χ4n) is 3.39. The minimum absolute atomic E-state index is 0.140. The lowest BCUT2D eigenvalue weighted by Gasteiger charge is -2.26. The van der Waals surface area contributed by atoms with E-state index < -0.39 is 23.7 Å². The summed E-state index contributed by atoms with van der Waals surface area (Å²) in [5.74, 6) is -1.20. The number of imide groups is 2. The number of hydrogen-bond acceptors (Lipinski definition) is 5. The molecule has 3 aromatic carbocycles. The zero-order valence-electron chi connectivity index (χ0n) is 18.6. The summed E-state index contributed by atoms with van der Waals surface area (Å²) in [5.41, 5.74) is 1.39. The summed E-state index contributed by atoms with van der Waals surface area (Å²) in [6.07, 6.45) is 1.37. The predicted molar refractivity (Wildman–Crippen MR) is 137 cm³/mol. The molecule has 1 aliphatic rings.